The number of esters is 2. The van der Waals surface area contributed by atoms with Gasteiger partial charge < -0.3 is 19.5 Å². The predicted molar refractivity (Wildman–Crippen MR) is 98.6 cm³/mol. The van der Waals surface area contributed by atoms with Gasteiger partial charge in [0.05, 0.1) is 25.7 Å². The molecule has 0 saturated carbocycles. The van der Waals surface area contributed by atoms with Crippen LogP contribution < -0.4 is 10.1 Å². The van der Waals surface area contributed by atoms with Gasteiger partial charge in [-0.3, -0.25) is 9.59 Å². The van der Waals surface area contributed by atoms with E-state index in [9.17, 15) is 18.8 Å². The maximum atomic E-state index is 13.6. The molecule has 2 aromatic rings. The molecule has 0 atom stereocenters. The Kier molecular flexibility index (Phi) is 7.50. The molecule has 0 aliphatic heterocycles. The third-order valence-corrected chi connectivity index (χ3v) is 3.61. The van der Waals surface area contributed by atoms with Gasteiger partial charge in [0.2, 0.25) is 0 Å². The van der Waals surface area contributed by atoms with Crippen LogP contribution in [0.15, 0.2) is 42.5 Å². The Morgan fingerprint density at radius 2 is 1.75 bits per heavy atom. The van der Waals surface area contributed by atoms with Crippen LogP contribution in [-0.2, 0) is 25.5 Å². The standard InChI is InChI=1S/C20H20FNO6/c1-3-27-20(25)14-5-7-15(8-6-14)22-18(23)12-28-19(24)11-13-4-9-17(26-2)16(21)10-13/h4-10H,3,11-12H2,1-2H3,(H,22,23). The van der Waals surface area contributed by atoms with Crippen molar-refractivity contribution in [1.29, 1.82) is 0 Å². The molecule has 0 heterocycles. The fourth-order valence-corrected chi connectivity index (χ4v) is 2.28. The lowest BCUT2D eigenvalue weighted by Crippen LogP contribution is -2.21. The zero-order valence-electron chi connectivity index (χ0n) is 15.5. The number of hydrogen-bond donors (Lipinski definition) is 1. The van der Waals surface area contributed by atoms with Crippen molar-refractivity contribution in [1.82, 2.24) is 0 Å². The number of benzene rings is 2. The Hall–Kier alpha value is -3.42. The average Bonchev–Trinajstić information content (AvgIpc) is 2.67. The minimum Gasteiger partial charge on any atom is -0.494 e. The van der Waals surface area contributed by atoms with Crippen molar-refractivity contribution in [2.75, 3.05) is 25.6 Å². The first kappa shape index (κ1) is 20.9. The molecule has 8 heteroatoms. The van der Waals surface area contributed by atoms with Crippen LogP contribution in [0, 0.1) is 5.82 Å². The van der Waals surface area contributed by atoms with Crippen LogP contribution in [0.4, 0.5) is 10.1 Å². The molecule has 1 N–H and O–H groups in total. The van der Waals surface area contributed by atoms with Gasteiger partial charge in [0.25, 0.3) is 5.91 Å². The van der Waals surface area contributed by atoms with Crippen molar-refractivity contribution in [3.8, 4) is 5.75 Å². The molecule has 28 heavy (non-hydrogen) atoms. The number of anilines is 1. The molecule has 0 fully saturated rings. The SMILES string of the molecule is CCOC(=O)c1ccc(NC(=O)COC(=O)Cc2ccc(OC)c(F)c2)cc1. The Bertz CT molecular complexity index is 850. The largest absolute Gasteiger partial charge is 0.494 e. The highest BCUT2D eigenvalue weighted by Gasteiger charge is 2.12. The van der Waals surface area contributed by atoms with Gasteiger partial charge in [-0.1, -0.05) is 6.07 Å². The Morgan fingerprint density at radius 1 is 1.04 bits per heavy atom. The summed E-state index contributed by atoms with van der Waals surface area (Å²) in [7, 11) is 1.34. The van der Waals surface area contributed by atoms with Crippen LogP contribution in [-0.4, -0.2) is 38.2 Å². The summed E-state index contributed by atoms with van der Waals surface area (Å²) < 4.78 is 28.2. The van der Waals surface area contributed by atoms with Crippen molar-refractivity contribution in [2.45, 2.75) is 13.3 Å². The highest BCUT2D eigenvalue weighted by molar-refractivity contribution is 5.94. The summed E-state index contributed by atoms with van der Waals surface area (Å²) in [5.74, 6) is -2.18. The summed E-state index contributed by atoms with van der Waals surface area (Å²) in [5.41, 5.74) is 1.20. The normalized spacial score (nSPS) is 10.1. The highest BCUT2D eigenvalue weighted by atomic mass is 19.1. The zero-order valence-corrected chi connectivity index (χ0v) is 15.5. The van der Waals surface area contributed by atoms with Gasteiger partial charge in [0, 0.05) is 5.69 Å². The van der Waals surface area contributed by atoms with Crippen LogP contribution in [0.1, 0.15) is 22.8 Å². The van der Waals surface area contributed by atoms with E-state index in [2.05, 4.69) is 5.32 Å². The van der Waals surface area contributed by atoms with Gasteiger partial charge in [-0.15, -0.1) is 0 Å². The number of hydrogen-bond acceptors (Lipinski definition) is 6. The lowest BCUT2D eigenvalue weighted by molar-refractivity contribution is -0.146. The molecule has 1 amide bonds. The first-order chi connectivity index (χ1) is 13.4. The number of carbonyl (C=O) groups excluding carboxylic acids is 3. The number of carbonyl (C=O) groups is 3. The third kappa shape index (κ3) is 6.08. The Labute approximate surface area is 161 Å². The molecular weight excluding hydrogens is 369 g/mol. The van der Waals surface area contributed by atoms with Gasteiger partial charge in [0.15, 0.2) is 18.2 Å². The van der Waals surface area contributed by atoms with Gasteiger partial charge in [-0.25, -0.2) is 9.18 Å². The minimum absolute atomic E-state index is 0.0745. The van der Waals surface area contributed by atoms with Gasteiger partial charge >= 0.3 is 11.9 Å². The van der Waals surface area contributed by atoms with Gasteiger partial charge in [-0.2, -0.15) is 0 Å². The molecule has 0 aromatic heterocycles. The Balaban J connectivity index is 1.81. The molecule has 0 aliphatic rings. The first-order valence-corrected chi connectivity index (χ1v) is 8.48. The van der Waals surface area contributed by atoms with Gasteiger partial charge in [0.1, 0.15) is 0 Å². The second-order valence-corrected chi connectivity index (χ2v) is 5.65. The fraction of sp³-hybridized carbons (Fsp3) is 0.250. The molecule has 148 valence electrons. The van der Waals surface area contributed by atoms with Crippen molar-refractivity contribution >= 4 is 23.5 Å². The summed E-state index contributed by atoms with van der Waals surface area (Å²) in [4.78, 5) is 35.2. The van der Waals surface area contributed by atoms with Gasteiger partial charge in [-0.05, 0) is 48.9 Å². The Morgan fingerprint density at radius 3 is 2.36 bits per heavy atom. The van der Waals surface area contributed by atoms with Crippen LogP contribution in [0.25, 0.3) is 0 Å². The van der Waals surface area contributed by atoms with E-state index in [1.165, 1.54) is 49.6 Å². The van der Waals surface area contributed by atoms with Crippen LogP contribution in [0.3, 0.4) is 0 Å². The number of ether oxygens (including phenoxy) is 3. The minimum atomic E-state index is -0.669. The lowest BCUT2D eigenvalue weighted by atomic mass is 10.1. The van der Waals surface area contributed by atoms with E-state index < -0.39 is 30.3 Å². The molecular formula is C20H20FNO6. The first-order valence-electron chi connectivity index (χ1n) is 8.48. The summed E-state index contributed by atoms with van der Waals surface area (Å²) >= 11 is 0. The maximum Gasteiger partial charge on any atom is 0.338 e. The monoisotopic (exact) mass is 389 g/mol. The van der Waals surface area contributed by atoms with Crippen molar-refractivity contribution in [2.24, 2.45) is 0 Å². The fourth-order valence-electron chi connectivity index (χ4n) is 2.28. The summed E-state index contributed by atoms with van der Waals surface area (Å²) in [6.45, 7) is 1.49. The van der Waals surface area contributed by atoms with Crippen molar-refractivity contribution in [3.63, 3.8) is 0 Å². The molecule has 0 radical (unpaired) electrons. The van der Waals surface area contributed by atoms with E-state index >= 15 is 0 Å². The predicted octanol–water partition coefficient (Wildman–Crippen LogP) is 2.74. The average molecular weight is 389 g/mol. The summed E-state index contributed by atoms with van der Waals surface area (Å²) in [6, 6.07) is 10.2. The molecule has 0 bridgehead atoms. The van der Waals surface area contributed by atoms with Crippen molar-refractivity contribution < 1.29 is 33.0 Å². The van der Waals surface area contributed by atoms with E-state index in [0.717, 1.165) is 0 Å². The molecule has 0 spiro atoms. The summed E-state index contributed by atoms with van der Waals surface area (Å²) in [5, 5.41) is 2.54. The molecule has 0 unspecified atom stereocenters. The summed E-state index contributed by atoms with van der Waals surface area (Å²) in [6.07, 6.45) is -0.178. The number of halogens is 1. The van der Waals surface area contributed by atoms with Crippen LogP contribution >= 0.6 is 0 Å². The molecule has 2 aromatic carbocycles. The lowest BCUT2D eigenvalue weighted by Gasteiger charge is -2.08. The molecule has 7 nitrogen and oxygen atoms in total. The number of nitrogens with one attached hydrogen (secondary N) is 1. The smallest absolute Gasteiger partial charge is 0.338 e. The topological polar surface area (TPSA) is 90.9 Å². The zero-order chi connectivity index (χ0) is 20.5. The quantitative estimate of drug-likeness (QED) is 0.698. The van der Waals surface area contributed by atoms with Crippen LogP contribution in [0.2, 0.25) is 0 Å². The van der Waals surface area contributed by atoms with E-state index in [1.807, 2.05) is 0 Å². The van der Waals surface area contributed by atoms with E-state index in [1.54, 1.807) is 6.92 Å². The highest BCUT2D eigenvalue weighted by Crippen LogP contribution is 2.18. The molecule has 0 aliphatic carbocycles. The van der Waals surface area contributed by atoms with Crippen molar-refractivity contribution in [3.05, 3.63) is 59.4 Å². The number of rotatable bonds is 8. The number of methoxy groups -OCH3 is 1. The number of amides is 1. The van der Waals surface area contributed by atoms with E-state index in [0.29, 0.717) is 16.8 Å². The molecule has 2 rings (SSSR count). The third-order valence-electron chi connectivity index (χ3n) is 3.61. The second kappa shape index (κ2) is 10.1. The second-order valence-electron chi connectivity index (χ2n) is 5.65. The van der Waals surface area contributed by atoms with E-state index in [4.69, 9.17) is 14.2 Å². The maximum absolute atomic E-state index is 13.6. The molecule has 0 saturated heterocycles. The van der Waals surface area contributed by atoms with E-state index in [-0.39, 0.29) is 18.8 Å². The van der Waals surface area contributed by atoms with Crippen LogP contribution in [0.5, 0.6) is 5.75 Å².